The van der Waals surface area contributed by atoms with Crippen LogP contribution in [0.1, 0.15) is 33.6 Å². The fourth-order valence-corrected chi connectivity index (χ4v) is 1.51. The van der Waals surface area contributed by atoms with Gasteiger partial charge >= 0.3 is 6.09 Å². The maximum Gasteiger partial charge on any atom is 0.407 e. The molecule has 1 aliphatic rings. The van der Waals surface area contributed by atoms with Crippen molar-refractivity contribution in [3.63, 3.8) is 0 Å². The topological polar surface area (TPSA) is 58.6 Å². The summed E-state index contributed by atoms with van der Waals surface area (Å²) in [4.78, 5) is 11.4. The molecule has 0 saturated carbocycles. The molecule has 0 unspecified atom stereocenters. The molecular weight excluding hydrogens is 194 g/mol. The van der Waals surface area contributed by atoms with Crippen LogP contribution in [0, 0.1) is 0 Å². The third kappa shape index (κ3) is 4.34. The van der Waals surface area contributed by atoms with E-state index in [9.17, 15) is 4.79 Å². The van der Waals surface area contributed by atoms with E-state index in [1.807, 2.05) is 26.8 Å². The second kappa shape index (κ2) is 4.66. The molecule has 1 aliphatic carbocycles. The van der Waals surface area contributed by atoms with Crippen LogP contribution in [0.15, 0.2) is 11.6 Å². The van der Waals surface area contributed by atoms with Crippen LogP contribution >= 0.6 is 0 Å². The van der Waals surface area contributed by atoms with Gasteiger partial charge in [0.2, 0.25) is 0 Å². The van der Waals surface area contributed by atoms with Gasteiger partial charge in [0.15, 0.2) is 0 Å². The van der Waals surface area contributed by atoms with Gasteiger partial charge in [-0.05, 0) is 39.2 Å². The predicted octanol–water partition coefficient (Wildman–Crippen LogP) is 1.59. The highest BCUT2D eigenvalue weighted by molar-refractivity contribution is 5.68. The molecule has 0 aromatic rings. The quantitative estimate of drug-likeness (QED) is 0.685. The van der Waals surface area contributed by atoms with Crippen LogP contribution in [0.3, 0.4) is 0 Å². The highest BCUT2D eigenvalue weighted by atomic mass is 16.6. The molecule has 0 radical (unpaired) electrons. The third-order valence-electron chi connectivity index (χ3n) is 2.12. The van der Waals surface area contributed by atoms with Crippen molar-refractivity contribution in [2.24, 2.45) is 0 Å². The molecule has 1 rings (SSSR count). The molecule has 1 amide bonds. The van der Waals surface area contributed by atoms with Gasteiger partial charge in [0.1, 0.15) is 5.60 Å². The molecule has 4 nitrogen and oxygen atoms in total. The first-order valence-electron chi connectivity index (χ1n) is 5.19. The molecule has 0 bridgehead atoms. The summed E-state index contributed by atoms with van der Waals surface area (Å²) in [7, 11) is 0. The van der Waals surface area contributed by atoms with Crippen molar-refractivity contribution in [1.82, 2.24) is 5.32 Å². The summed E-state index contributed by atoms with van der Waals surface area (Å²) < 4.78 is 5.13. The third-order valence-corrected chi connectivity index (χ3v) is 2.12. The number of carbonyl (C=O) groups excluding carboxylic acids is 1. The number of amides is 1. The van der Waals surface area contributed by atoms with Gasteiger partial charge in [-0.3, -0.25) is 0 Å². The van der Waals surface area contributed by atoms with Gasteiger partial charge in [0.05, 0.1) is 6.61 Å². The summed E-state index contributed by atoms with van der Waals surface area (Å²) in [6.45, 7) is 5.57. The number of aliphatic hydroxyl groups is 1. The van der Waals surface area contributed by atoms with Crippen LogP contribution in [0.25, 0.3) is 0 Å². The maximum absolute atomic E-state index is 11.4. The van der Waals surface area contributed by atoms with Gasteiger partial charge in [-0.2, -0.15) is 0 Å². The fourth-order valence-electron chi connectivity index (χ4n) is 1.51. The average Bonchev–Trinajstić information content (AvgIpc) is 2.48. The molecule has 86 valence electrons. The number of rotatable bonds is 2. The number of carbonyl (C=O) groups is 1. The van der Waals surface area contributed by atoms with E-state index in [-0.39, 0.29) is 18.7 Å². The summed E-state index contributed by atoms with van der Waals surface area (Å²) in [5, 5.41) is 11.7. The highest BCUT2D eigenvalue weighted by Crippen LogP contribution is 2.18. The minimum atomic E-state index is -0.462. The Morgan fingerprint density at radius 3 is 2.80 bits per heavy atom. The molecule has 0 aromatic carbocycles. The Morgan fingerprint density at radius 1 is 1.67 bits per heavy atom. The molecule has 2 N–H and O–H groups in total. The molecule has 0 fully saturated rings. The van der Waals surface area contributed by atoms with E-state index < -0.39 is 5.60 Å². The standard InChI is InChI=1S/C11H19NO3/c1-11(2,3)15-10(14)12-9-5-4-8(6-9)7-13/h4,9,13H,5-7H2,1-3H3,(H,12,14)/t9-/m0/s1. The molecule has 0 aliphatic heterocycles. The van der Waals surface area contributed by atoms with Crippen LogP contribution < -0.4 is 5.32 Å². The van der Waals surface area contributed by atoms with Crippen molar-refractivity contribution in [2.45, 2.75) is 45.3 Å². The number of hydrogen-bond acceptors (Lipinski definition) is 3. The van der Waals surface area contributed by atoms with Gasteiger partial charge in [-0.25, -0.2) is 4.79 Å². The zero-order chi connectivity index (χ0) is 11.5. The van der Waals surface area contributed by atoms with Gasteiger partial charge in [0, 0.05) is 6.04 Å². The second-order valence-corrected chi connectivity index (χ2v) is 4.80. The summed E-state index contributed by atoms with van der Waals surface area (Å²) >= 11 is 0. The average molecular weight is 213 g/mol. The monoisotopic (exact) mass is 213 g/mol. The van der Waals surface area contributed by atoms with Crippen LogP contribution in [0.5, 0.6) is 0 Å². The van der Waals surface area contributed by atoms with Gasteiger partial charge in [-0.15, -0.1) is 0 Å². The number of ether oxygens (including phenoxy) is 1. The van der Waals surface area contributed by atoms with Gasteiger partial charge < -0.3 is 15.2 Å². The largest absolute Gasteiger partial charge is 0.444 e. The molecule has 15 heavy (non-hydrogen) atoms. The lowest BCUT2D eigenvalue weighted by atomic mass is 10.2. The lowest BCUT2D eigenvalue weighted by Crippen LogP contribution is -2.38. The molecule has 0 heterocycles. The summed E-state index contributed by atoms with van der Waals surface area (Å²) in [6, 6.07) is 0.0713. The Bertz CT molecular complexity index is 265. The van der Waals surface area contributed by atoms with Gasteiger partial charge in [-0.1, -0.05) is 6.08 Å². The Balaban J connectivity index is 2.30. The Hall–Kier alpha value is -1.03. The molecular formula is C11H19NO3. The molecule has 0 spiro atoms. The Labute approximate surface area is 90.3 Å². The molecule has 0 aromatic heterocycles. The lowest BCUT2D eigenvalue weighted by Gasteiger charge is -2.21. The zero-order valence-corrected chi connectivity index (χ0v) is 9.54. The van der Waals surface area contributed by atoms with E-state index in [0.717, 1.165) is 18.4 Å². The summed E-state index contributed by atoms with van der Waals surface area (Å²) in [6.07, 6.45) is 3.06. The maximum atomic E-state index is 11.4. The van der Waals surface area contributed by atoms with Crippen molar-refractivity contribution in [3.05, 3.63) is 11.6 Å². The minimum Gasteiger partial charge on any atom is -0.444 e. The normalized spacial score (nSPS) is 21.1. The van der Waals surface area contributed by atoms with E-state index in [4.69, 9.17) is 9.84 Å². The van der Waals surface area contributed by atoms with Crippen LogP contribution in [-0.4, -0.2) is 29.4 Å². The van der Waals surface area contributed by atoms with E-state index in [2.05, 4.69) is 5.32 Å². The number of hydrogen-bond donors (Lipinski definition) is 2. The molecule has 4 heteroatoms. The molecule has 1 atom stereocenters. The van der Waals surface area contributed by atoms with E-state index in [1.165, 1.54) is 0 Å². The summed E-state index contributed by atoms with van der Waals surface area (Å²) in [5.74, 6) is 0. The highest BCUT2D eigenvalue weighted by Gasteiger charge is 2.22. The SMILES string of the molecule is CC(C)(C)OC(=O)N[C@H]1CC=C(CO)C1. The first-order valence-corrected chi connectivity index (χ1v) is 5.19. The first kappa shape index (κ1) is 12.0. The van der Waals surface area contributed by atoms with Crippen molar-refractivity contribution in [3.8, 4) is 0 Å². The number of nitrogens with one attached hydrogen (secondary N) is 1. The second-order valence-electron chi connectivity index (χ2n) is 4.80. The Morgan fingerprint density at radius 2 is 2.33 bits per heavy atom. The van der Waals surface area contributed by atoms with E-state index in [1.54, 1.807) is 0 Å². The predicted molar refractivity (Wildman–Crippen MR) is 57.6 cm³/mol. The Kier molecular flexibility index (Phi) is 3.74. The van der Waals surface area contributed by atoms with Crippen molar-refractivity contribution in [1.29, 1.82) is 0 Å². The molecule has 0 saturated heterocycles. The van der Waals surface area contributed by atoms with Crippen molar-refractivity contribution < 1.29 is 14.6 Å². The fraction of sp³-hybridized carbons (Fsp3) is 0.727. The van der Waals surface area contributed by atoms with E-state index in [0.29, 0.717) is 0 Å². The van der Waals surface area contributed by atoms with E-state index >= 15 is 0 Å². The van der Waals surface area contributed by atoms with Crippen LogP contribution in [0.4, 0.5) is 4.79 Å². The smallest absolute Gasteiger partial charge is 0.407 e. The number of aliphatic hydroxyl groups excluding tert-OH is 1. The van der Waals surface area contributed by atoms with Crippen LogP contribution in [0.2, 0.25) is 0 Å². The number of alkyl carbamates (subject to hydrolysis) is 1. The van der Waals surface area contributed by atoms with Crippen molar-refractivity contribution in [2.75, 3.05) is 6.61 Å². The summed E-state index contributed by atoms with van der Waals surface area (Å²) in [5.41, 5.74) is 0.520. The van der Waals surface area contributed by atoms with Crippen molar-refractivity contribution >= 4 is 6.09 Å². The lowest BCUT2D eigenvalue weighted by molar-refractivity contribution is 0.0506. The minimum absolute atomic E-state index is 0.0713. The van der Waals surface area contributed by atoms with Gasteiger partial charge in [0.25, 0.3) is 0 Å². The van der Waals surface area contributed by atoms with Crippen LogP contribution in [-0.2, 0) is 4.74 Å². The zero-order valence-electron chi connectivity index (χ0n) is 9.54. The first-order chi connectivity index (χ1) is 6.90.